The van der Waals surface area contributed by atoms with Crippen molar-refractivity contribution < 1.29 is 14.1 Å². The molecule has 0 aromatic carbocycles. The van der Waals surface area contributed by atoms with Crippen molar-refractivity contribution in [1.29, 1.82) is 0 Å². The predicted octanol–water partition coefficient (Wildman–Crippen LogP) is 3.77. The molecule has 1 aromatic rings. The van der Waals surface area contributed by atoms with Crippen LogP contribution in [-0.4, -0.2) is 28.5 Å². The third-order valence-corrected chi connectivity index (χ3v) is 8.45. The summed E-state index contributed by atoms with van der Waals surface area (Å²) < 4.78 is 5.23. The smallest absolute Gasteiger partial charge is 0.226 e. The molecule has 1 aromatic heterocycles. The lowest BCUT2D eigenvalue weighted by molar-refractivity contribution is -0.146. The molecular formula is C24H36N4O3. The Kier molecular flexibility index (Phi) is 5.55. The lowest BCUT2D eigenvalue weighted by Crippen LogP contribution is -2.54. The zero-order valence-electron chi connectivity index (χ0n) is 18.8. The molecule has 0 aliphatic heterocycles. The third kappa shape index (κ3) is 4.12. The van der Waals surface area contributed by atoms with E-state index in [0.717, 1.165) is 75.5 Å². The molecule has 1 heterocycles. The molecule has 0 atom stereocenters. The SMILES string of the molecule is Cc1nc(C2(NC(=O)CCNC(=O)C34CC5CC(CC(C5)C3)C4)CCCCCC2)no1. The lowest BCUT2D eigenvalue weighted by Gasteiger charge is -2.55. The number of amides is 2. The summed E-state index contributed by atoms with van der Waals surface area (Å²) in [6.07, 6.45) is 13.5. The normalized spacial score (nSPS) is 33.6. The second-order valence-electron chi connectivity index (χ2n) is 10.9. The van der Waals surface area contributed by atoms with Crippen LogP contribution in [-0.2, 0) is 15.1 Å². The van der Waals surface area contributed by atoms with Crippen LogP contribution in [0.2, 0.25) is 0 Å². The monoisotopic (exact) mass is 428 g/mol. The molecule has 7 heteroatoms. The van der Waals surface area contributed by atoms with Crippen molar-refractivity contribution in [3.05, 3.63) is 11.7 Å². The van der Waals surface area contributed by atoms with Gasteiger partial charge >= 0.3 is 0 Å². The number of carbonyl (C=O) groups is 2. The van der Waals surface area contributed by atoms with E-state index in [9.17, 15) is 9.59 Å². The number of carbonyl (C=O) groups excluding carboxylic acids is 2. The standard InChI is InChI=1S/C24H36N4O3/c1-16-26-21(28-31-16)24(7-4-2-3-5-8-24)27-20(29)6-9-25-22(30)23-13-17-10-18(14-23)12-19(11-17)15-23/h17-19H,2-15H2,1H3,(H,25,30)(H,27,29). The molecule has 0 unspecified atom stereocenters. The Labute approximate surface area is 184 Å². The fourth-order valence-electron chi connectivity index (χ4n) is 7.43. The maximum atomic E-state index is 13.1. The van der Waals surface area contributed by atoms with Gasteiger partial charge in [-0.05, 0) is 69.1 Å². The van der Waals surface area contributed by atoms with Crippen LogP contribution in [0.4, 0.5) is 0 Å². The lowest BCUT2D eigenvalue weighted by atomic mass is 9.49. The van der Waals surface area contributed by atoms with Crippen LogP contribution in [0.5, 0.6) is 0 Å². The van der Waals surface area contributed by atoms with Gasteiger partial charge in [0, 0.05) is 25.3 Å². The largest absolute Gasteiger partial charge is 0.355 e. The molecule has 7 nitrogen and oxygen atoms in total. The number of rotatable bonds is 6. The van der Waals surface area contributed by atoms with Crippen LogP contribution in [0.1, 0.15) is 95.2 Å². The Balaban J connectivity index is 1.18. The zero-order chi connectivity index (χ0) is 21.5. The first-order chi connectivity index (χ1) is 15.0. The highest BCUT2D eigenvalue weighted by atomic mass is 16.5. The quantitative estimate of drug-likeness (QED) is 0.672. The van der Waals surface area contributed by atoms with Gasteiger partial charge in [-0.3, -0.25) is 9.59 Å². The molecule has 2 amide bonds. The maximum Gasteiger partial charge on any atom is 0.226 e. The molecule has 0 saturated heterocycles. The maximum absolute atomic E-state index is 13.1. The molecular weight excluding hydrogens is 392 g/mol. The number of hydrogen-bond donors (Lipinski definition) is 2. The van der Waals surface area contributed by atoms with Crippen molar-refractivity contribution in [2.24, 2.45) is 23.2 Å². The second kappa shape index (κ2) is 8.21. The summed E-state index contributed by atoms with van der Waals surface area (Å²) in [5.74, 6) is 3.50. The Morgan fingerprint density at radius 1 is 1.00 bits per heavy atom. The summed E-state index contributed by atoms with van der Waals surface area (Å²) >= 11 is 0. The minimum atomic E-state index is -0.546. The minimum Gasteiger partial charge on any atom is -0.355 e. The van der Waals surface area contributed by atoms with Gasteiger partial charge in [0.2, 0.25) is 17.7 Å². The van der Waals surface area contributed by atoms with Gasteiger partial charge in [0.25, 0.3) is 0 Å². The topological polar surface area (TPSA) is 97.1 Å². The molecule has 0 radical (unpaired) electrons. The van der Waals surface area contributed by atoms with Crippen LogP contribution in [0.25, 0.3) is 0 Å². The Hall–Kier alpha value is -1.92. The van der Waals surface area contributed by atoms with Gasteiger partial charge < -0.3 is 15.2 Å². The van der Waals surface area contributed by atoms with Crippen molar-refractivity contribution in [2.45, 2.75) is 95.9 Å². The van der Waals surface area contributed by atoms with Crippen LogP contribution in [0, 0.1) is 30.1 Å². The van der Waals surface area contributed by atoms with Crippen molar-refractivity contribution in [3.63, 3.8) is 0 Å². The Morgan fingerprint density at radius 3 is 2.16 bits per heavy atom. The van der Waals surface area contributed by atoms with Gasteiger partial charge in [-0.25, -0.2) is 0 Å². The van der Waals surface area contributed by atoms with Gasteiger partial charge in [-0.2, -0.15) is 4.98 Å². The molecule has 2 N–H and O–H groups in total. The van der Waals surface area contributed by atoms with E-state index >= 15 is 0 Å². The predicted molar refractivity (Wildman–Crippen MR) is 115 cm³/mol. The van der Waals surface area contributed by atoms with E-state index in [2.05, 4.69) is 20.8 Å². The third-order valence-electron chi connectivity index (χ3n) is 8.45. The summed E-state index contributed by atoms with van der Waals surface area (Å²) in [6.45, 7) is 2.18. The summed E-state index contributed by atoms with van der Waals surface area (Å²) in [6, 6.07) is 0. The van der Waals surface area contributed by atoms with Crippen molar-refractivity contribution in [1.82, 2.24) is 20.8 Å². The highest BCUT2D eigenvalue weighted by Crippen LogP contribution is 2.60. The fraction of sp³-hybridized carbons (Fsp3) is 0.833. The average molecular weight is 429 g/mol. The zero-order valence-corrected chi connectivity index (χ0v) is 18.8. The van der Waals surface area contributed by atoms with Gasteiger partial charge in [-0.15, -0.1) is 0 Å². The second-order valence-corrected chi connectivity index (χ2v) is 10.9. The molecule has 6 rings (SSSR count). The van der Waals surface area contributed by atoms with Gasteiger partial charge in [0.05, 0.1) is 0 Å². The molecule has 5 aliphatic rings. The summed E-state index contributed by atoms with van der Waals surface area (Å²) in [4.78, 5) is 30.5. The highest BCUT2D eigenvalue weighted by molar-refractivity contribution is 5.84. The van der Waals surface area contributed by atoms with Crippen molar-refractivity contribution >= 4 is 11.8 Å². The molecule has 5 fully saturated rings. The van der Waals surface area contributed by atoms with Gasteiger partial charge in [-0.1, -0.05) is 30.8 Å². The van der Waals surface area contributed by atoms with Gasteiger partial charge in [0.1, 0.15) is 5.54 Å². The van der Waals surface area contributed by atoms with E-state index in [1.54, 1.807) is 6.92 Å². The van der Waals surface area contributed by atoms with Crippen molar-refractivity contribution in [2.75, 3.05) is 6.54 Å². The van der Waals surface area contributed by atoms with Crippen LogP contribution < -0.4 is 10.6 Å². The van der Waals surface area contributed by atoms with E-state index in [4.69, 9.17) is 4.52 Å². The summed E-state index contributed by atoms with van der Waals surface area (Å²) in [7, 11) is 0. The summed E-state index contributed by atoms with van der Waals surface area (Å²) in [5.41, 5.74) is -0.703. The number of nitrogens with zero attached hydrogens (tertiary/aromatic N) is 2. The van der Waals surface area contributed by atoms with E-state index in [1.807, 2.05) is 0 Å². The van der Waals surface area contributed by atoms with Crippen LogP contribution in [0.15, 0.2) is 4.52 Å². The van der Waals surface area contributed by atoms with E-state index in [-0.39, 0.29) is 23.7 Å². The molecule has 170 valence electrons. The number of nitrogens with one attached hydrogen (secondary N) is 2. The molecule has 5 saturated carbocycles. The van der Waals surface area contributed by atoms with Crippen molar-refractivity contribution in [3.8, 4) is 0 Å². The minimum absolute atomic E-state index is 0.0461. The fourth-order valence-corrected chi connectivity index (χ4v) is 7.43. The number of aryl methyl sites for hydroxylation is 1. The molecule has 31 heavy (non-hydrogen) atoms. The first-order valence-electron chi connectivity index (χ1n) is 12.4. The van der Waals surface area contributed by atoms with E-state index in [0.29, 0.717) is 18.3 Å². The first kappa shape index (κ1) is 21.0. The summed E-state index contributed by atoms with van der Waals surface area (Å²) in [5, 5.41) is 10.5. The Morgan fingerprint density at radius 2 is 1.61 bits per heavy atom. The number of hydrogen-bond acceptors (Lipinski definition) is 5. The van der Waals surface area contributed by atoms with Gasteiger partial charge in [0.15, 0.2) is 5.82 Å². The van der Waals surface area contributed by atoms with E-state index < -0.39 is 5.54 Å². The molecule has 5 aliphatic carbocycles. The highest BCUT2D eigenvalue weighted by Gasteiger charge is 2.54. The number of aromatic nitrogens is 2. The first-order valence-corrected chi connectivity index (χ1v) is 12.4. The van der Waals surface area contributed by atoms with Crippen LogP contribution in [0.3, 0.4) is 0 Å². The molecule has 0 spiro atoms. The average Bonchev–Trinajstić information content (AvgIpc) is 3.02. The van der Waals surface area contributed by atoms with E-state index in [1.165, 1.54) is 19.3 Å². The molecule has 4 bridgehead atoms. The Bertz CT molecular complexity index is 789. The van der Waals surface area contributed by atoms with Crippen LogP contribution >= 0.6 is 0 Å².